The van der Waals surface area contributed by atoms with E-state index in [4.69, 9.17) is 4.42 Å². The van der Waals surface area contributed by atoms with Crippen LogP contribution in [0.25, 0.3) is 0 Å². The van der Waals surface area contributed by atoms with Gasteiger partial charge in [0.25, 0.3) is 5.69 Å². The second-order valence-corrected chi connectivity index (χ2v) is 10.0. The standard InChI is InChI=1S/C21H26N4O6S/c26-21(23-13-11-22(12-14-23)16-19-2-1-15-31-19)17-7-9-24(10-8-17)32(29,30)20-5-3-18(4-6-20)25(27)28/h1-6,15,17H,7-14,16H2. The van der Waals surface area contributed by atoms with Gasteiger partial charge in [0.1, 0.15) is 5.76 Å². The van der Waals surface area contributed by atoms with Crippen LogP contribution in [0.15, 0.2) is 52.0 Å². The summed E-state index contributed by atoms with van der Waals surface area (Å²) < 4.78 is 32.5. The molecule has 1 amide bonds. The average molecular weight is 463 g/mol. The van der Waals surface area contributed by atoms with Crippen LogP contribution in [-0.4, -0.2) is 72.6 Å². The van der Waals surface area contributed by atoms with E-state index in [2.05, 4.69) is 4.90 Å². The monoisotopic (exact) mass is 462 g/mol. The van der Waals surface area contributed by atoms with Crippen molar-refractivity contribution in [2.75, 3.05) is 39.3 Å². The number of carbonyl (C=O) groups is 1. The van der Waals surface area contributed by atoms with E-state index in [1.165, 1.54) is 28.6 Å². The van der Waals surface area contributed by atoms with Crippen molar-refractivity contribution < 1.29 is 22.6 Å². The third kappa shape index (κ3) is 4.84. The fourth-order valence-corrected chi connectivity index (χ4v) is 5.71. The summed E-state index contributed by atoms with van der Waals surface area (Å²) in [6.45, 7) is 4.11. The fraction of sp³-hybridized carbons (Fsp3) is 0.476. The first kappa shape index (κ1) is 22.4. The molecule has 11 heteroatoms. The summed E-state index contributed by atoms with van der Waals surface area (Å²) in [5.41, 5.74) is -0.155. The Balaban J connectivity index is 1.28. The maximum Gasteiger partial charge on any atom is 0.269 e. The smallest absolute Gasteiger partial charge is 0.269 e. The maximum absolute atomic E-state index is 13.0. The first-order valence-corrected chi connectivity index (χ1v) is 12.1. The van der Waals surface area contributed by atoms with E-state index in [9.17, 15) is 23.3 Å². The van der Waals surface area contributed by atoms with Gasteiger partial charge >= 0.3 is 0 Å². The van der Waals surface area contributed by atoms with Crippen molar-refractivity contribution in [2.45, 2.75) is 24.3 Å². The molecule has 4 rings (SSSR count). The van der Waals surface area contributed by atoms with Gasteiger partial charge < -0.3 is 9.32 Å². The number of non-ortho nitro benzene ring substituents is 1. The number of hydrogen-bond acceptors (Lipinski definition) is 7. The second-order valence-electron chi connectivity index (χ2n) is 8.11. The number of piperazine rings is 1. The van der Waals surface area contributed by atoms with Crippen LogP contribution in [0, 0.1) is 16.0 Å². The molecule has 172 valence electrons. The zero-order valence-corrected chi connectivity index (χ0v) is 18.4. The quantitative estimate of drug-likeness (QED) is 0.476. The number of nitro benzene ring substituents is 1. The molecule has 0 aliphatic carbocycles. The molecule has 3 heterocycles. The first-order valence-electron chi connectivity index (χ1n) is 10.6. The number of nitrogens with zero attached hydrogens (tertiary/aromatic N) is 4. The van der Waals surface area contributed by atoms with Crippen LogP contribution < -0.4 is 0 Å². The lowest BCUT2D eigenvalue weighted by molar-refractivity contribution is -0.384. The Morgan fingerprint density at radius 2 is 1.69 bits per heavy atom. The number of sulfonamides is 1. The first-order chi connectivity index (χ1) is 15.3. The highest BCUT2D eigenvalue weighted by Crippen LogP contribution is 2.26. The normalized spacial score (nSPS) is 19.2. The Bertz CT molecular complexity index is 1040. The minimum atomic E-state index is -3.74. The van der Waals surface area contributed by atoms with Crippen molar-refractivity contribution in [2.24, 2.45) is 5.92 Å². The summed E-state index contributed by atoms with van der Waals surface area (Å²) >= 11 is 0. The molecule has 2 aromatic rings. The molecule has 0 N–H and O–H groups in total. The zero-order valence-electron chi connectivity index (χ0n) is 17.6. The highest BCUT2D eigenvalue weighted by Gasteiger charge is 2.34. The SMILES string of the molecule is O=C(C1CCN(S(=O)(=O)c2ccc([N+](=O)[O-])cc2)CC1)N1CCN(Cc2ccco2)CC1. The highest BCUT2D eigenvalue weighted by atomic mass is 32.2. The molecular weight excluding hydrogens is 436 g/mol. The molecule has 2 fully saturated rings. The van der Waals surface area contributed by atoms with Crippen LogP contribution in [0.5, 0.6) is 0 Å². The number of rotatable bonds is 6. The molecular formula is C21H26N4O6S. The number of piperidine rings is 1. The third-order valence-corrected chi connectivity index (χ3v) is 8.04. The van der Waals surface area contributed by atoms with Crippen LogP contribution in [0.1, 0.15) is 18.6 Å². The van der Waals surface area contributed by atoms with E-state index in [0.29, 0.717) is 25.9 Å². The second kappa shape index (κ2) is 9.39. The van der Waals surface area contributed by atoms with Gasteiger partial charge in [-0.25, -0.2) is 8.42 Å². The van der Waals surface area contributed by atoms with Gasteiger partial charge in [0, 0.05) is 57.3 Å². The Labute approximate surface area is 186 Å². The van der Waals surface area contributed by atoms with Gasteiger partial charge in [-0.05, 0) is 37.1 Å². The number of benzene rings is 1. The Morgan fingerprint density at radius 3 is 2.25 bits per heavy atom. The Kier molecular flexibility index (Phi) is 6.58. The minimum absolute atomic E-state index is 0.0283. The summed E-state index contributed by atoms with van der Waals surface area (Å²) in [5, 5.41) is 10.8. The summed E-state index contributed by atoms with van der Waals surface area (Å²) in [5.74, 6) is 0.816. The van der Waals surface area contributed by atoms with E-state index in [-0.39, 0.29) is 35.5 Å². The molecule has 2 saturated heterocycles. The minimum Gasteiger partial charge on any atom is -0.468 e. The van der Waals surface area contributed by atoms with Crippen molar-refractivity contribution >= 4 is 21.6 Å². The Hall–Kier alpha value is -2.76. The lowest BCUT2D eigenvalue weighted by atomic mass is 9.96. The van der Waals surface area contributed by atoms with Crippen LogP contribution in [0.3, 0.4) is 0 Å². The molecule has 2 aliphatic heterocycles. The van der Waals surface area contributed by atoms with Crippen molar-refractivity contribution in [3.63, 3.8) is 0 Å². The molecule has 32 heavy (non-hydrogen) atoms. The third-order valence-electron chi connectivity index (χ3n) is 6.13. The molecule has 10 nitrogen and oxygen atoms in total. The van der Waals surface area contributed by atoms with Gasteiger partial charge in [0.15, 0.2) is 0 Å². The molecule has 0 atom stereocenters. The van der Waals surface area contributed by atoms with Gasteiger partial charge in [-0.15, -0.1) is 0 Å². The lowest BCUT2D eigenvalue weighted by Crippen LogP contribution is -2.51. The van der Waals surface area contributed by atoms with Crippen LogP contribution in [0.4, 0.5) is 5.69 Å². The van der Waals surface area contributed by atoms with E-state index in [1.807, 2.05) is 17.0 Å². The molecule has 0 spiro atoms. The van der Waals surface area contributed by atoms with E-state index < -0.39 is 14.9 Å². The predicted molar refractivity (Wildman–Crippen MR) is 115 cm³/mol. The number of furan rings is 1. The molecule has 0 saturated carbocycles. The van der Waals surface area contributed by atoms with E-state index in [1.54, 1.807) is 6.26 Å². The average Bonchev–Trinajstić information content (AvgIpc) is 3.32. The summed E-state index contributed by atoms with van der Waals surface area (Å²) in [7, 11) is -3.74. The van der Waals surface area contributed by atoms with Gasteiger partial charge in [0.05, 0.1) is 22.6 Å². The fourth-order valence-electron chi connectivity index (χ4n) is 4.24. The van der Waals surface area contributed by atoms with Crippen LogP contribution >= 0.6 is 0 Å². The summed E-state index contributed by atoms with van der Waals surface area (Å²) in [4.78, 5) is 27.3. The van der Waals surface area contributed by atoms with Crippen LogP contribution in [-0.2, 0) is 21.4 Å². The molecule has 1 aromatic carbocycles. The number of carbonyl (C=O) groups excluding carboxylic acids is 1. The van der Waals surface area contributed by atoms with Crippen molar-refractivity contribution in [1.82, 2.24) is 14.1 Å². The predicted octanol–water partition coefficient (Wildman–Crippen LogP) is 1.93. The Morgan fingerprint density at radius 1 is 1.03 bits per heavy atom. The maximum atomic E-state index is 13.0. The molecule has 0 bridgehead atoms. The van der Waals surface area contributed by atoms with E-state index in [0.717, 1.165) is 25.4 Å². The zero-order chi connectivity index (χ0) is 22.7. The molecule has 0 radical (unpaired) electrons. The van der Waals surface area contributed by atoms with Crippen molar-refractivity contribution in [3.05, 3.63) is 58.5 Å². The number of nitro groups is 1. The molecule has 1 aromatic heterocycles. The van der Waals surface area contributed by atoms with Crippen molar-refractivity contribution in [3.8, 4) is 0 Å². The highest BCUT2D eigenvalue weighted by molar-refractivity contribution is 7.89. The largest absolute Gasteiger partial charge is 0.468 e. The summed E-state index contributed by atoms with van der Waals surface area (Å²) in [6.07, 6.45) is 2.60. The van der Waals surface area contributed by atoms with Gasteiger partial charge in [-0.1, -0.05) is 0 Å². The number of amides is 1. The molecule has 2 aliphatic rings. The van der Waals surface area contributed by atoms with Crippen LogP contribution in [0.2, 0.25) is 0 Å². The number of hydrogen-bond donors (Lipinski definition) is 0. The van der Waals surface area contributed by atoms with Gasteiger partial charge in [0.2, 0.25) is 15.9 Å². The van der Waals surface area contributed by atoms with Gasteiger partial charge in [-0.2, -0.15) is 4.31 Å². The summed E-state index contributed by atoms with van der Waals surface area (Å²) in [6, 6.07) is 8.70. The lowest BCUT2D eigenvalue weighted by Gasteiger charge is -2.38. The molecule has 0 unspecified atom stereocenters. The van der Waals surface area contributed by atoms with Gasteiger partial charge in [-0.3, -0.25) is 19.8 Å². The van der Waals surface area contributed by atoms with E-state index >= 15 is 0 Å². The van der Waals surface area contributed by atoms with Crippen molar-refractivity contribution in [1.29, 1.82) is 0 Å². The topological polar surface area (TPSA) is 117 Å².